The molecule has 0 aliphatic rings. The minimum Gasteiger partial charge on any atom is -0.397 e. The summed E-state index contributed by atoms with van der Waals surface area (Å²) in [7, 11) is 0. The lowest BCUT2D eigenvalue weighted by Gasteiger charge is -2.04. The summed E-state index contributed by atoms with van der Waals surface area (Å²) in [6.07, 6.45) is 1.72. The summed E-state index contributed by atoms with van der Waals surface area (Å²) in [6.45, 7) is 3.77. The lowest BCUT2D eigenvalue weighted by Crippen LogP contribution is -1.93. The molecule has 0 bridgehead atoms. The number of anilines is 1. The lowest BCUT2D eigenvalue weighted by molar-refractivity contribution is 1.31. The molecule has 0 aliphatic heterocycles. The zero-order chi connectivity index (χ0) is 9.97. The van der Waals surface area contributed by atoms with E-state index in [1.54, 1.807) is 6.20 Å². The van der Waals surface area contributed by atoms with E-state index in [9.17, 15) is 0 Å². The molecule has 0 fully saturated rings. The summed E-state index contributed by atoms with van der Waals surface area (Å²) in [5, 5.41) is 0. The van der Waals surface area contributed by atoms with Crippen molar-refractivity contribution in [2.75, 3.05) is 5.73 Å². The van der Waals surface area contributed by atoms with Gasteiger partial charge in [0.2, 0.25) is 0 Å². The molecule has 1 aromatic heterocycles. The molecule has 14 heavy (non-hydrogen) atoms. The Morgan fingerprint density at radius 2 is 1.86 bits per heavy atom. The molecule has 2 rings (SSSR count). The Labute approximate surface area is 83.4 Å². The van der Waals surface area contributed by atoms with E-state index in [1.165, 1.54) is 0 Å². The first-order valence-electron chi connectivity index (χ1n) is 4.40. The van der Waals surface area contributed by atoms with Gasteiger partial charge in [-0.25, -0.2) is 0 Å². The monoisotopic (exact) mass is 183 g/mol. The van der Waals surface area contributed by atoms with Crippen LogP contribution in [-0.2, 0) is 0 Å². The van der Waals surface area contributed by atoms with Crippen molar-refractivity contribution in [3.8, 4) is 11.3 Å². The summed E-state index contributed by atoms with van der Waals surface area (Å²) in [4.78, 5) is 4.26. The Hall–Kier alpha value is -1.83. The summed E-state index contributed by atoms with van der Waals surface area (Å²) in [5.41, 5.74) is 9.21. The molecule has 0 aliphatic carbocycles. The van der Waals surface area contributed by atoms with Gasteiger partial charge in [0.1, 0.15) is 0 Å². The van der Waals surface area contributed by atoms with Crippen LogP contribution in [-0.4, -0.2) is 4.98 Å². The molecule has 2 N–H and O–H groups in total. The summed E-state index contributed by atoms with van der Waals surface area (Å²) in [5.74, 6) is 0. The van der Waals surface area contributed by atoms with Crippen LogP contribution in [0.4, 0.5) is 5.69 Å². The van der Waals surface area contributed by atoms with E-state index in [2.05, 4.69) is 11.9 Å². The molecule has 2 heteroatoms. The third-order valence-corrected chi connectivity index (χ3v) is 2.02. The number of nitrogen functional groups attached to an aromatic ring is 1. The van der Waals surface area contributed by atoms with Crippen LogP contribution in [0.25, 0.3) is 11.3 Å². The summed E-state index contributed by atoms with van der Waals surface area (Å²) in [6, 6.07) is 11.7. The molecule has 2 aromatic rings. The fourth-order valence-corrected chi connectivity index (χ4v) is 1.36. The highest BCUT2D eigenvalue weighted by Crippen LogP contribution is 2.23. The van der Waals surface area contributed by atoms with Crippen LogP contribution < -0.4 is 5.73 Å². The van der Waals surface area contributed by atoms with E-state index < -0.39 is 0 Å². The van der Waals surface area contributed by atoms with Gasteiger partial charge in [-0.05, 0) is 18.6 Å². The first-order chi connectivity index (χ1) is 6.77. The number of nitrogens with two attached hydrogens (primary N) is 1. The van der Waals surface area contributed by atoms with Gasteiger partial charge in [0.25, 0.3) is 0 Å². The van der Waals surface area contributed by atoms with E-state index >= 15 is 0 Å². The van der Waals surface area contributed by atoms with Crippen molar-refractivity contribution in [2.24, 2.45) is 0 Å². The molecule has 0 saturated carbocycles. The largest absolute Gasteiger partial charge is 0.397 e. The molecule has 0 atom stereocenters. The van der Waals surface area contributed by atoms with Gasteiger partial charge in [-0.1, -0.05) is 30.3 Å². The molecule has 0 saturated heterocycles. The highest BCUT2D eigenvalue weighted by molar-refractivity contribution is 5.72. The Morgan fingerprint density at radius 1 is 1.14 bits per heavy atom. The molecule has 2 nitrogen and oxygen atoms in total. The third kappa shape index (κ3) is 1.59. The van der Waals surface area contributed by atoms with Crippen LogP contribution in [0.5, 0.6) is 0 Å². The maximum Gasteiger partial charge on any atom is 0.0931 e. The van der Waals surface area contributed by atoms with Gasteiger partial charge >= 0.3 is 0 Å². The van der Waals surface area contributed by atoms with E-state index in [-0.39, 0.29) is 0 Å². The third-order valence-electron chi connectivity index (χ3n) is 2.02. The van der Waals surface area contributed by atoms with Gasteiger partial charge in [-0.2, -0.15) is 0 Å². The van der Waals surface area contributed by atoms with Gasteiger partial charge in [-0.3, -0.25) is 4.98 Å². The Morgan fingerprint density at radius 3 is 2.50 bits per heavy atom. The fourth-order valence-electron chi connectivity index (χ4n) is 1.36. The van der Waals surface area contributed by atoms with E-state index in [0.717, 1.165) is 16.8 Å². The quantitative estimate of drug-likeness (QED) is 0.737. The molecule has 0 amide bonds. The van der Waals surface area contributed by atoms with Gasteiger partial charge in [-0.15, -0.1) is 0 Å². The van der Waals surface area contributed by atoms with Crippen LogP contribution in [0.2, 0.25) is 0 Å². The lowest BCUT2D eigenvalue weighted by atomic mass is 10.1. The van der Waals surface area contributed by atoms with Crippen molar-refractivity contribution >= 4 is 5.69 Å². The highest BCUT2D eigenvalue weighted by Gasteiger charge is 2.02. The molecule has 1 aromatic carbocycles. The number of aromatic nitrogens is 1. The second-order valence-corrected chi connectivity index (χ2v) is 3.15. The average Bonchev–Trinajstić information content (AvgIpc) is 2.19. The van der Waals surface area contributed by atoms with Gasteiger partial charge in [0.05, 0.1) is 11.4 Å². The van der Waals surface area contributed by atoms with Crippen molar-refractivity contribution < 1.29 is 0 Å². The highest BCUT2D eigenvalue weighted by atomic mass is 14.7. The Balaban J connectivity index is 2.53. The topological polar surface area (TPSA) is 38.9 Å². The molecular weight excluding hydrogens is 172 g/mol. The summed E-state index contributed by atoms with van der Waals surface area (Å²) < 4.78 is 0. The zero-order valence-electron chi connectivity index (χ0n) is 7.77. The zero-order valence-corrected chi connectivity index (χ0v) is 7.77. The number of hydrogen-bond acceptors (Lipinski definition) is 2. The number of rotatable bonds is 1. The van der Waals surface area contributed by atoms with Gasteiger partial charge < -0.3 is 5.73 Å². The van der Waals surface area contributed by atoms with Crippen LogP contribution in [0.1, 0.15) is 5.56 Å². The van der Waals surface area contributed by atoms with Crippen LogP contribution in [0, 0.1) is 6.92 Å². The Bertz CT molecular complexity index is 435. The second kappa shape index (κ2) is 3.50. The number of pyridine rings is 1. The smallest absolute Gasteiger partial charge is 0.0931 e. The maximum atomic E-state index is 5.85. The molecular formula is C12H11N2. The van der Waals surface area contributed by atoms with Gasteiger partial charge in [0.15, 0.2) is 0 Å². The number of hydrogen-bond donors (Lipinski definition) is 1. The molecule has 1 radical (unpaired) electrons. The van der Waals surface area contributed by atoms with Crippen LogP contribution in [0.3, 0.4) is 0 Å². The normalized spacial score (nSPS) is 10.1. The molecule has 1 heterocycles. The van der Waals surface area contributed by atoms with E-state index in [0.29, 0.717) is 5.69 Å². The predicted molar refractivity (Wildman–Crippen MR) is 58.5 cm³/mol. The van der Waals surface area contributed by atoms with Crippen molar-refractivity contribution in [3.63, 3.8) is 0 Å². The van der Waals surface area contributed by atoms with Gasteiger partial charge in [0, 0.05) is 11.8 Å². The van der Waals surface area contributed by atoms with Crippen molar-refractivity contribution in [1.29, 1.82) is 0 Å². The maximum absolute atomic E-state index is 5.85. The minimum absolute atomic E-state index is 0.670. The fraction of sp³-hybridized carbons (Fsp3) is 0. The minimum atomic E-state index is 0.670. The first-order valence-corrected chi connectivity index (χ1v) is 4.40. The molecule has 0 spiro atoms. The predicted octanol–water partition coefficient (Wildman–Crippen LogP) is 2.51. The SMILES string of the molecule is [CH2]c1cnc(-c2ccccc2)c(N)c1. The van der Waals surface area contributed by atoms with Crippen molar-refractivity contribution in [3.05, 3.63) is 55.1 Å². The van der Waals surface area contributed by atoms with Crippen LogP contribution >= 0.6 is 0 Å². The molecule has 0 unspecified atom stereocenters. The first kappa shape index (κ1) is 8.75. The summed E-state index contributed by atoms with van der Waals surface area (Å²) >= 11 is 0. The Kier molecular flexibility index (Phi) is 2.19. The number of nitrogens with zero attached hydrogens (tertiary/aromatic N) is 1. The average molecular weight is 183 g/mol. The van der Waals surface area contributed by atoms with E-state index in [4.69, 9.17) is 5.73 Å². The second-order valence-electron chi connectivity index (χ2n) is 3.15. The van der Waals surface area contributed by atoms with Crippen molar-refractivity contribution in [1.82, 2.24) is 4.98 Å². The number of benzene rings is 1. The standard InChI is InChI=1S/C12H11N2/c1-9-7-11(13)12(14-8-9)10-5-3-2-4-6-10/h2-8H,1,13H2. The van der Waals surface area contributed by atoms with E-state index in [1.807, 2.05) is 36.4 Å². The van der Waals surface area contributed by atoms with Crippen LogP contribution in [0.15, 0.2) is 42.6 Å². The molecule has 69 valence electrons. The van der Waals surface area contributed by atoms with Crippen molar-refractivity contribution in [2.45, 2.75) is 0 Å².